The lowest BCUT2D eigenvalue weighted by Gasteiger charge is -2.32. The second kappa shape index (κ2) is 8.25. The van der Waals surface area contributed by atoms with Gasteiger partial charge in [-0.25, -0.2) is 0 Å². The highest BCUT2D eigenvalue weighted by Crippen LogP contribution is 2.20. The van der Waals surface area contributed by atoms with Gasteiger partial charge in [0.15, 0.2) is 0 Å². The maximum Gasteiger partial charge on any atom is 0.231 e. The van der Waals surface area contributed by atoms with E-state index in [1.165, 1.54) is 0 Å². The van der Waals surface area contributed by atoms with Gasteiger partial charge in [0.1, 0.15) is 0 Å². The number of nitrogens with one attached hydrogen (secondary N) is 1. The molecule has 5 nitrogen and oxygen atoms in total. The van der Waals surface area contributed by atoms with Crippen LogP contribution in [0.5, 0.6) is 0 Å². The van der Waals surface area contributed by atoms with Gasteiger partial charge in [-0.05, 0) is 37.3 Å². The van der Waals surface area contributed by atoms with E-state index in [9.17, 15) is 0 Å². The second-order valence-corrected chi connectivity index (χ2v) is 5.61. The van der Waals surface area contributed by atoms with Gasteiger partial charge in [-0.15, -0.1) is 0 Å². The van der Waals surface area contributed by atoms with Gasteiger partial charge in [-0.1, -0.05) is 27.7 Å². The van der Waals surface area contributed by atoms with Crippen molar-refractivity contribution in [1.82, 2.24) is 15.0 Å². The molecule has 0 fully saturated rings. The van der Waals surface area contributed by atoms with Crippen molar-refractivity contribution in [2.24, 2.45) is 5.92 Å². The highest BCUT2D eigenvalue weighted by Gasteiger charge is 2.20. The second-order valence-electron chi connectivity index (χ2n) is 5.27. The van der Waals surface area contributed by atoms with E-state index in [0.717, 1.165) is 25.9 Å². The van der Waals surface area contributed by atoms with Crippen LogP contribution in [0.25, 0.3) is 0 Å². The van der Waals surface area contributed by atoms with Crippen LogP contribution in [-0.4, -0.2) is 34.1 Å². The summed E-state index contributed by atoms with van der Waals surface area (Å²) in [7, 11) is 0. The minimum absolute atomic E-state index is 0.241. The monoisotopic (exact) mass is 299 g/mol. The normalized spacial score (nSPS) is 11.2. The summed E-state index contributed by atoms with van der Waals surface area (Å²) in [6.45, 7) is 12.5. The number of hydrogen-bond donors (Lipinski definition) is 1. The Morgan fingerprint density at radius 2 is 1.75 bits per heavy atom. The van der Waals surface area contributed by atoms with E-state index >= 15 is 0 Å². The van der Waals surface area contributed by atoms with Gasteiger partial charge in [-0.3, -0.25) is 0 Å². The molecule has 0 spiro atoms. The van der Waals surface area contributed by atoms with E-state index < -0.39 is 0 Å². The fraction of sp³-hybridized carbons (Fsp3) is 0.786. The lowest BCUT2D eigenvalue weighted by molar-refractivity contribution is 0.498. The fourth-order valence-corrected chi connectivity index (χ4v) is 2.38. The molecule has 0 saturated heterocycles. The number of aromatic nitrogens is 3. The molecule has 1 rings (SSSR count). The minimum Gasteiger partial charge on any atom is -0.354 e. The quantitative estimate of drug-likeness (QED) is 0.795. The summed E-state index contributed by atoms with van der Waals surface area (Å²) in [5, 5.41) is 3.34. The maximum absolute atomic E-state index is 6.03. The van der Waals surface area contributed by atoms with Gasteiger partial charge >= 0.3 is 0 Å². The first kappa shape index (κ1) is 17.0. The number of anilines is 2. The summed E-state index contributed by atoms with van der Waals surface area (Å²) < 4.78 is 0. The Morgan fingerprint density at radius 1 is 1.10 bits per heavy atom. The van der Waals surface area contributed by atoms with Gasteiger partial charge in [0.2, 0.25) is 17.2 Å². The van der Waals surface area contributed by atoms with Crippen LogP contribution in [0, 0.1) is 5.92 Å². The Kier molecular flexibility index (Phi) is 6.99. The number of hydrogen-bond acceptors (Lipinski definition) is 5. The molecule has 0 aliphatic rings. The Hall–Kier alpha value is -1.10. The van der Waals surface area contributed by atoms with Crippen LogP contribution in [0.1, 0.15) is 47.5 Å². The molecule has 20 heavy (non-hydrogen) atoms. The lowest BCUT2D eigenvalue weighted by Crippen LogP contribution is -2.38. The zero-order valence-corrected chi connectivity index (χ0v) is 13.9. The Labute approximate surface area is 127 Å². The molecule has 0 atom stereocenters. The van der Waals surface area contributed by atoms with Crippen molar-refractivity contribution in [3.63, 3.8) is 0 Å². The summed E-state index contributed by atoms with van der Waals surface area (Å²) in [6, 6.07) is 0.422. The molecule has 1 aromatic rings. The Bertz CT molecular complexity index is 407. The van der Waals surface area contributed by atoms with E-state index in [1.807, 2.05) is 6.92 Å². The molecule has 0 saturated carbocycles. The van der Waals surface area contributed by atoms with E-state index in [1.54, 1.807) is 0 Å². The van der Waals surface area contributed by atoms with Crippen LogP contribution in [0.4, 0.5) is 11.9 Å². The molecule has 0 aliphatic carbocycles. The average molecular weight is 300 g/mol. The van der Waals surface area contributed by atoms with E-state index in [2.05, 4.69) is 52.9 Å². The van der Waals surface area contributed by atoms with Crippen molar-refractivity contribution < 1.29 is 0 Å². The third kappa shape index (κ3) is 4.78. The van der Waals surface area contributed by atoms with Gasteiger partial charge in [0, 0.05) is 19.1 Å². The topological polar surface area (TPSA) is 53.9 Å². The van der Waals surface area contributed by atoms with Gasteiger partial charge in [-0.2, -0.15) is 15.0 Å². The molecule has 1 aromatic heterocycles. The van der Waals surface area contributed by atoms with Crippen molar-refractivity contribution in [1.29, 1.82) is 0 Å². The molecule has 1 heterocycles. The van der Waals surface area contributed by atoms with Crippen molar-refractivity contribution in [3.8, 4) is 0 Å². The molecule has 1 N–H and O–H groups in total. The smallest absolute Gasteiger partial charge is 0.231 e. The third-order valence-corrected chi connectivity index (χ3v) is 3.30. The van der Waals surface area contributed by atoms with Crippen LogP contribution in [0.2, 0.25) is 5.28 Å². The first-order valence-corrected chi connectivity index (χ1v) is 7.81. The zero-order chi connectivity index (χ0) is 15.1. The molecule has 0 unspecified atom stereocenters. The van der Waals surface area contributed by atoms with Gasteiger partial charge < -0.3 is 10.2 Å². The number of rotatable bonds is 8. The van der Waals surface area contributed by atoms with E-state index in [0.29, 0.717) is 23.9 Å². The summed E-state index contributed by atoms with van der Waals surface area (Å²) in [5.41, 5.74) is 0. The number of halogens is 1. The minimum atomic E-state index is 0.241. The molecular formula is C14H26ClN5. The van der Waals surface area contributed by atoms with Crippen LogP contribution in [-0.2, 0) is 0 Å². The first-order chi connectivity index (χ1) is 9.51. The van der Waals surface area contributed by atoms with Crippen molar-refractivity contribution in [2.45, 2.75) is 53.5 Å². The fourth-order valence-electron chi connectivity index (χ4n) is 2.22. The SMILES string of the molecule is CCNc1nc(Cl)nc(N(CC(C)C)C(CC)CC)n1. The van der Waals surface area contributed by atoms with E-state index in [4.69, 9.17) is 11.6 Å². The molecular weight excluding hydrogens is 274 g/mol. The van der Waals surface area contributed by atoms with Crippen molar-refractivity contribution >= 4 is 23.5 Å². The van der Waals surface area contributed by atoms with Gasteiger partial charge in [0.05, 0.1) is 0 Å². The molecule has 0 amide bonds. The predicted octanol–water partition coefficient (Wildman–Crippen LogP) is 3.61. The van der Waals surface area contributed by atoms with Crippen LogP contribution < -0.4 is 10.2 Å². The molecule has 0 bridgehead atoms. The van der Waals surface area contributed by atoms with Crippen LogP contribution in [0.15, 0.2) is 0 Å². The highest BCUT2D eigenvalue weighted by atomic mass is 35.5. The molecule has 114 valence electrons. The van der Waals surface area contributed by atoms with Crippen LogP contribution >= 0.6 is 11.6 Å². The standard InChI is InChI=1S/C14H26ClN5/c1-6-11(7-2)20(9-10(4)5)14-18-12(15)17-13(19-14)16-8-3/h10-11H,6-9H2,1-5H3,(H,16,17,18,19). The van der Waals surface area contributed by atoms with Crippen molar-refractivity contribution in [3.05, 3.63) is 5.28 Å². The Morgan fingerprint density at radius 3 is 2.25 bits per heavy atom. The molecule has 0 aromatic carbocycles. The summed E-state index contributed by atoms with van der Waals surface area (Å²) >= 11 is 6.03. The highest BCUT2D eigenvalue weighted by molar-refractivity contribution is 6.28. The number of nitrogens with zero attached hydrogens (tertiary/aromatic N) is 4. The summed E-state index contributed by atoms with van der Waals surface area (Å²) in [4.78, 5) is 15.2. The zero-order valence-electron chi connectivity index (χ0n) is 13.1. The first-order valence-electron chi connectivity index (χ1n) is 7.43. The Balaban J connectivity index is 3.11. The van der Waals surface area contributed by atoms with Crippen LogP contribution in [0.3, 0.4) is 0 Å². The largest absolute Gasteiger partial charge is 0.354 e. The lowest BCUT2D eigenvalue weighted by atomic mass is 10.1. The van der Waals surface area contributed by atoms with E-state index in [-0.39, 0.29) is 5.28 Å². The maximum atomic E-state index is 6.03. The molecule has 0 aliphatic heterocycles. The average Bonchev–Trinajstić information content (AvgIpc) is 2.38. The molecule has 0 radical (unpaired) electrons. The van der Waals surface area contributed by atoms with Crippen molar-refractivity contribution in [2.75, 3.05) is 23.3 Å². The van der Waals surface area contributed by atoms with Gasteiger partial charge in [0.25, 0.3) is 0 Å². The molecule has 6 heteroatoms. The summed E-state index contributed by atoms with van der Waals surface area (Å²) in [5.74, 6) is 1.75. The summed E-state index contributed by atoms with van der Waals surface area (Å²) in [6.07, 6.45) is 2.12. The third-order valence-electron chi connectivity index (χ3n) is 3.13. The predicted molar refractivity (Wildman–Crippen MR) is 85.6 cm³/mol.